The molecule has 4 nitrogen and oxygen atoms in total. The minimum Gasteiger partial charge on any atom is -0.422 e. The molecule has 3 fully saturated rings. The van der Waals surface area contributed by atoms with E-state index in [1.54, 1.807) is 0 Å². The van der Waals surface area contributed by atoms with Gasteiger partial charge in [-0.15, -0.1) is 0 Å². The van der Waals surface area contributed by atoms with Crippen molar-refractivity contribution in [3.63, 3.8) is 0 Å². The van der Waals surface area contributed by atoms with Crippen LogP contribution in [0.25, 0.3) is 22.1 Å². The molecule has 1 aromatic heterocycles. The molecule has 4 heterocycles. The molecule has 0 radical (unpaired) electrons. The van der Waals surface area contributed by atoms with Crippen molar-refractivity contribution in [2.45, 2.75) is 38.6 Å². The highest BCUT2D eigenvalue weighted by atomic mass is 16.4. The highest BCUT2D eigenvalue weighted by Crippen LogP contribution is 2.34. The largest absolute Gasteiger partial charge is 0.422 e. The SMILES string of the molecule is O=c1oc2cc(-c3ccccc3)ccc2c2c1CN(CCN1CC3CCC(CC3)C1)CC2. The zero-order valence-electron chi connectivity index (χ0n) is 18.8. The Bertz CT molecular complexity index is 1150. The highest BCUT2D eigenvalue weighted by Gasteiger charge is 2.30. The van der Waals surface area contributed by atoms with Crippen LogP contribution in [0.3, 0.4) is 0 Å². The molecule has 0 unspecified atom stereocenters. The molecule has 1 saturated carbocycles. The van der Waals surface area contributed by atoms with Gasteiger partial charge >= 0.3 is 5.63 Å². The molecular weight excluding hydrogens is 396 g/mol. The average Bonchev–Trinajstić information content (AvgIpc) is 3.16. The van der Waals surface area contributed by atoms with Crippen molar-refractivity contribution in [3.05, 3.63) is 70.1 Å². The van der Waals surface area contributed by atoms with E-state index in [0.29, 0.717) is 5.58 Å². The first kappa shape index (κ1) is 20.2. The Kier molecular flexibility index (Phi) is 5.36. The molecule has 2 saturated heterocycles. The fraction of sp³-hybridized carbons (Fsp3) is 0.464. The molecule has 3 aromatic rings. The molecular formula is C28H32N2O2. The van der Waals surface area contributed by atoms with Crippen LogP contribution in [-0.4, -0.2) is 42.5 Å². The van der Waals surface area contributed by atoms with Crippen LogP contribution in [0.2, 0.25) is 0 Å². The fourth-order valence-electron chi connectivity index (χ4n) is 6.19. The van der Waals surface area contributed by atoms with E-state index in [1.807, 2.05) is 24.3 Å². The first-order chi connectivity index (χ1) is 15.7. The van der Waals surface area contributed by atoms with E-state index >= 15 is 0 Å². The van der Waals surface area contributed by atoms with Gasteiger partial charge in [-0.1, -0.05) is 42.5 Å². The van der Waals surface area contributed by atoms with E-state index in [1.165, 1.54) is 44.3 Å². The summed E-state index contributed by atoms with van der Waals surface area (Å²) in [5, 5.41) is 1.10. The topological polar surface area (TPSA) is 36.7 Å². The van der Waals surface area contributed by atoms with Crippen LogP contribution in [0, 0.1) is 11.8 Å². The number of benzene rings is 2. The van der Waals surface area contributed by atoms with Gasteiger partial charge in [0, 0.05) is 44.7 Å². The van der Waals surface area contributed by atoms with Gasteiger partial charge in [-0.05, 0) is 66.7 Å². The lowest BCUT2D eigenvalue weighted by Crippen LogP contribution is -2.40. The number of fused-ring (bicyclic) bond motifs is 7. The zero-order valence-corrected chi connectivity index (χ0v) is 18.8. The van der Waals surface area contributed by atoms with E-state index < -0.39 is 0 Å². The summed E-state index contributed by atoms with van der Waals surface area (Å²) in [6.45, 7) is 6.46. The van der Waals surface area contributed by atoms with Crippen molar-refractivity contribution in [3.8, 4) is 11.1 Å². The van der Waals surface area contributed by atoms with Gasteiger partial charge < -0.3 is 9.32 Å². The van der Waals surface area contributed by atoms with Crippen molar-refractivity contribution < 1.29 is 4.42 Å². The van der Waals surface area contributed by atoms with Gasteiger partial charge in [0.1, 0.15) is 5.58 Å². The maximum absolute atomic E-state index is 12.9. The average molecular weight is 429 g/mol. The van der Waals surface area contributed by atoms with Gasteiger partial charge in [0.2, 0.25) is 0 Å². The van der Waals surface area contributed by atoms with Gasteiger partial charge in [0.15, 0.2) is 0 Å². The van der Waals surface area contributed by atoms with Crippen LogP contribution < -0.4 is 5.63 Å². The van der Waals surface area contributed by atoms with E-state index in [0.717, 1.165) is 66.5 Å². The third-order valence-corrected chi connectivity index (χ3v) is 8.02. The normalized spacial score (nSPS) is 23.9. The summed E-state index contributed by atoms with van der Waals surface area (Å²) >= 11 is 0. The predicted octanol–water partition coefficient (Wildman–Crippen LogP) is 4.94. The van der Waals surface area contributed by atoms with Crippen molar-refractivity contribution in [1.82, 2.24) is 9.80 Å². The molecule has 3 aliphatic heterocycles. The molecule has 1 aliphatic carbocycles. The molecule has 0 spiro atoms. The Morgan fingerprint density at radius 2 is 1.53 bits per heavy atom. The van der Waals surface area contributed by atoms with E-state index in [9.17, 15) is 4.79 Å². The minimum absolute atomic E-state index is 0.157. The third-order valence-electron chi connectivity index (χ3n) is 8.02. The fourth-order valence-corrected chi connectivity index (χ4v) is 6.19. The zero-order chi connectivity index (χ0) is 21.5. The van der Waals surface area contributed by atoms with Crippen molar-refractivity contribution in [2.24, 2.45) is 11.8 Å². The van der Waals surface area contributed by atoms with Crippen molar-refractivity contribution in [1.29, 1.82) is 0 Å². The summed E-state index contributed by atoms with van der Waals surface area (Å²) in [6.07, 6.45) is 6.64. The Balaban J connectivity index is 1.20. The Hall–Kier alpha value is -2.43. The summed E-state index contributed by atoms with van der Waals surface area (Å²) in [6, 6.07) is 16.6. The number of hydrogen-bond acceptors (Lipinski definition) is 4. The minimum atomic E-state index is -0.157. The number of rotatable bonds is 4. The van der Waals surface area contributed by atoms with E-state index in [-0.39, 0.29) is 5.63 Å². The first-order valence-corrected chi connectivity index (χ1v) is 12.3. The molecule has 7 rings (SSSR count). The van der Waals surface area contributed by atoms with Gasteiger partial charge in [0.25, 0.3) is 0 Å². The molecule has 0 N–H and O–H groups in total. The predicted molar refractivity (Wildman–Crippen MR) is 129 cm³/mol. The van der Waals surface area contributed by atoms with Crippen LogP contribution in [0.15, 0.2) is 57.7 Å². The van der Waals surface area contributed by atoms with Crippen LogP contribution in [0.1, 0.15) is 36.8 Å². The standard InChI is InChI=1S/C28H32N2O2/c31-28-26-19-29(14-15-30-17-20-6-7-21(18-30)9-8-20)13-12-24(26)25-11-10-23(16-27(25)32-28)22-4-2-1-3-5-22/h1-5,10-11,16,20-21H,6-9,12-15,17-19H2. The molecule has 32 heavy (non-hydrogen) atoms. The monoisotopic (exact) mass is 428 g/mol. The second-order valence-corrected chi connectivity index (χ2v) is 10.1. The number of hydrogen-bond donors (Lipinski definition) is 0. The second kappa shape index (κ2) is 8.49. The van der Waals surface area contributed by atoms with Crippen LogP contribution in [0.5, 0.6) is 0 Å². The smallest absolute Gasteiger partial charge is 0.341 e. The summed E-state index contributed by atoms with van der Waals surface area (Å²) < 4.78 is 5.83. The Morgan fingerprint density at radius 3 is 2.28 bits per heavy atom. The molecule has 4 aliphatic rings. The van der Waals surface area contributed by atoms with Crippen LogP contribution >= 0.6 is 0 Å². The molecule has 0 atom stereocenters. The van der Waals surface area contributed by atoms with Crippen LogP contribution in [0.4, 0.5) is 0 Å². The summed E-state index contributed by atoms with van der Waals surface area (Å²) in [5.41, 5.74) is 4.85. The van der Waals surface area contributed by atoms with E-state index in [4.69, 9.17) is 4.42 Å². The maximum atomic E-state index is 12.9. The Morgan fingerprint density at radius 1 is 0.812 bits per heavy atom. The summed E-state index contributed by atoms with van der Waals surface area (Å²) in [7, 11) is 0. The molecule has 0 amide bonds. The third kappa shape index (κ3) is 3.91. The van der Waals surface area contributed by atoms with Crippen molar-refractivity contribution >= 4 is 11.0 Å². The van der Waals surface area contributed by atoms with Gasteiger partial charge in [-0.25, -0.2) is 4.79 Å². The van der Waals surface area contributed by atoms with Crippen molar-refractivity contribution in [2.75, 3.05) is 32.7 Å². The Labute approximate surface area is 189 Å². The number of nitrogens with zero attached hydrogens (tertiary/aromatic N) is 2. The lowest BCUT2D eigenvalue weighted by atomic mass is 9.84. The second-order valence-electron chi connectivity index (χ2n) is 10.1. The lowest BCUT2D eigenvalue weighted by Gasteiger charge is -2.31. The molecule has 4 heteroatoms. The molecule has 166 valence electrons. The van der Waals surface area contributed by atoms with Gasteiger partial charge in [0.05, 0.1) is 5.56 Å². The maximum Gasteiger partial charge on any atom is 0.341 e. The van der Waals surface area contributed by atoms with E-state index in [2.05, 4.69) is 34.1 Å². The highest BCUT2D eigenvalue weighted by molar-refractivity contribution is 5.86. The van der Waals surface area contributed by atoms with Gasteiger partial charge in [-0.2, -0.15) is 0 Å². The van der Waals surface area contributed by atoms with Crippen LogP contribution in [-0.2, 0) is 13.0 Å². The quantitative estimate of drug-likeness (QED) is 0.552. The van der Waals surface area contributed by atoms with Gasteiger partial charge in [-0.3, -0.25) is 4.90 Å². The first-order valence-electron chi connectivity index (χ1n) is 12.3. The summed E-state index contributed by atoms with van der Waals surface area (Å²) in [5.74, 6) is 1.82. The summed E-state index contributed by atoms with van der Waals surface area (Å²) in [4.78, 5) is 18.1. The molecule has 2 bridgehead atoms. The molecule has 2 aromatic carbocycles. The lowest BCUT2D eigenvalue weighted by molar-refractivity contribution is 0.182.